The number of halogens is 3. The molecule has 5 rings (SSSR count). The molecule has 0 spiro atoms. The molecule has 0 aromatic heterocycles. The molecule has 0 heterocycles. The third-order valence-electron chi connectivity index (χ3n) is 7.88. The van der Waals surface area contributed by atoms with E-state index in [-0.39, 0.29) is 16.7 Å². The Bertz CT molecular complexity index is 1450. The molecule has 0 radical (unpaired) electrons. The molecule has 2 atom stereocenters. The maximum atomic E-state index is 13.2. The zero-order valence-corrected chi connectivity index (χ0v) is 23.8. The molecule has 0 aliphatic heterocycles. The van der Waals surface area contributed by atoms with Crippen molar-refractivity contribution >= 4 is 58.1 Å². The maximum absolute atomic E-state index is 13.2. The van der Waals surface area contributed by atoms with Crippen LogP contribution in [0.15, 0.2) is 87.8 Å². The van der Waals surface area contributed by atoms with E-state index in [0.29, 0.717) is 37.9 Å². The molecule has 3 aromatic rings. The number of amidine groups is 2. The van der Waals surface area contributed by atoms with Crippen molar-refractivity contribution in [3.05, 3.63) is 105 Å². The first-order chi connectivity index (χ1) is 18.0. The molecule has 4 nitrogen and oxygen atoms in total. The fourth-order valence-electron chi connectivity index (χ4n) is 5.79. The van der Waals surface area contributed by atoms with E-state index < -0.39 is 5.91 Å². The number of fused-ring (bicyclic) bond motifs is 2. The molecule has 2 unspecified atom stereocenters. The summed E-state index contributed by atoms with van der Waals surface area (Å²) in [6.45, 7) is 6.86. The predicted molar refractivity (Wildman–Crippen MR) is 158 cm³/mol. The summed E-state index contributed by atoms with van der Waals surface area (Å²) in [5, 5.41) is 1.75. The van der Waals surface area contributed by atoms with Crippen molar-refractivity contribution in [1.29, 1.82) is 0 Å². The lowest BCUT2D eigenvalue weighted by Gasteiger charge is -2.35. The van der Waals surface area contributed by atoms with Gasteiger partial charge in [0.25, 0.3) is 5.91 Å². The normalized spacial score (nSPS) is 23.7. The average Bonchev–Trinajstić information content (AvgIpc) is 3.37. The Hall–Kier alpha value is -2.79. The molecular formula is C31H28Cl3N3O. The van der Waals surface area contributed by atoms with Gasteiger partial charge in [0, 0.05) is 48.3 Å². The number of hydrogen-bond donors (Lipinski definition) is 0. The average molecular weight is 565 g/mol. The Balaban J connectivity index is 1.68. The van der Waals surface area contributed by atoms with Gasteiger partial charge in [-0.05, 0) is 98.0 Å². The molecule has 2 fully saturated rings. The van der Waals surface area contributed by atoms with E-state index in [2.05, 4.69) is 25.8 Å². The Kier molecular flexibility index (Phi) is 7.34. The van der Waals surface area contributed by atoms with Gasteiger partial charge in [0.2, 0.25) is 0 Å². The van der Waals surface area contributed by atoms with Crippen LogP contribution in [-0.2, 0) is 0 Å². The fourth-order valence-corrected chi connectivity index (χ4v) is 6.17. The summed E-state index contributed by atoms with van der Waals surface area (Å²) >= 11 is 18.4. The number of rotatable bonds is 3. The molecule has 38 heavy (non-hydrogen) atoms. The van der Waals surface area contributed by atoms with Gasteiger partial charge in [-0.3, -0.25) is 4.79 Å². The summed E-state index contributed by atoms with van der Waals surface area (Å²) < 4.78 is 0. The van der Waals surface area contributed by atoms with E-state index in [1.165, 1.54) is 6.42 Å². The van der Waals surface area contributed by atoms with E-state index in [1.807, 2.05) is 24.3 Å². The van der Waals surface area contributed by atoms with Crippen molar-refractivity contribution in [3.8, 4) is 0 Å². The van der Waals surface area contributed by atoms with Crippen LogP contribution in [0.5, 0.6) is 0 Å². The van der Waals surface area contributed by atoms with Crippen molar-refractivity contribution in [2.45, 2.75) is 40.0 Å². The highest BCUT2D eigenvalue weighted by molar-refractivity contribution is 6.31. The summed E-state index contributed by atoms with van der Waals surface area (Å²) in [6.07, 6.45) is 3.45. The minimum atomic E-state index is -0.425. The minimum Gasteiger partial charge on any atom is -0.267 e. The Morgan fingerprint density at radius 2 is 1.18 bits per heavy atom. The molecule has 2 aliphatic carbocycles. The van der Waals surface area contributed by atoms with Gasteiger partial charge < -0.3 is 0 Å². The molecule has 0 N–H and O–H groups in total. The zero-order valence-electron chi connectivity index (χ0n) is 21.5. The molecule has 3 aromatic carbocycles. The van der Waals surface area contributed by atoms with Gasteiger partial charge in [0.05, 0.1) is 0 Å². The van der Waals surface area contributed by atoms with Gasteiger partial charge in [-0.2, -0.15) is 4.99 Å². The smallest absolute Gasteiger partial charge is 0.267 e. The lowest BCUT2D eigenvalue weighted by molar-refractivity contribution is 0.100. The van der Waals surface area contributed by atoms with Crippen LogP contribution in [0.3, 0.4) is 0 Å². The number of carbonyl (C=O) groups is 1. The molecule has 194 valence electrons. The highest BCUT2D eigenvalue weighted by Gasteiger charge is 2.57. The summed E-state index contributed by atoms with van der Waals surface area (Å²) in [5.74, 6) is 0.914. The molecule has 2 aliphatic rings. The van der Waals surface area contributed by atoms with Crippen molar-refractivity contribution in [2.75, 3.05) is 0 Å². The number of nitrogens with zero attached hydrogens (tertiary/aromatic N) is 3. The van der Waals surface area contributed by atoms with Crippen LogP contribution in [0.4, 0.5) is 0 Å². The fraction of sp³-hybridized carbons (Fsp3) is 0.290. The quantitative estimate of drug-likeness (QED) is 0.231. The second kappa shape index (κ2) is 10.4. The van der Waals surface area contributed by atoms with Crippen LogP contribution in [-0.4, -0.2) is 23.3 Å². The SMILES string of the molecule is CC12CCC(C1)C(C)(C)C2=NC(=NC(=NC(=O)c1ccc(Cl)cc1)c1ccc(Cl)cc1)c1ccc(Cl)cc1. The number of hydrogen-bond acceptors (Lipinski definition) is 1. The van der Waals surface area contributed by atoms with Gasteiger partial charge in [0.1, 0.15) is 0 Å². The first-order valence-electron chi connectivity index (χ1n) is 12.6. The van der Waals surface area contributed by atoms with Crippen LogP contribution in [0.25, 0.3) is 0 Å². The molecule has 1 amide bonds. The number of amides is 1. The van der Waals surface area contributed by atoms with E-state index >= 15 is 0 Å². The molecule has 2 saturated carbocycles. The topological polar surface area (TPSA) is 54.1 Å². The van der Waals surface area contributed by atoms with E-state index in [9.17, 15) is 4.79 Å². The standard InChI is InChI=1S/C31H28Cl3N3O/c1-30(2)22-16-17-31(3,18-22)29(30)37-27(20-6-12-24(33)13-7-20)35-26(19-4-10-23(32)11-5-19)36-28(38)21-8-14-25(34)15-9-21/h4-15,22H,16-18H2,1-3H3. The van der Waals surface area contributed by atoms with Crippen molar-refractivity contribution in [2.24, 2.45) is 31.7 Å². The predicted octanol–water partition coefficient (Wildman–Crippen LogP) is 8.97. The second-order valence-electron chi connectivity index (χ2n) is 10.9. The zero-order chi connectivity index (χ0) is 27.1. The summed E-state index contributed by atoms with van der Waals surface area (Å²) in [5.41, 5.74) is 2.99. The van der Waals surface area contributed by atoms with Crippen molar-refractivity contribution < 1.29 is 4.79 Å². The van der Waals surface area contributed by atoms with Crippen molar-refractivity contribution in [1.82, 2.24) is 0 Å². The molecule has 0 saturated heterocycles. The molecular weight excluding hydrogens is 537 g/mol. The third-order valence-corrected chi connectivity index (χ3v) is 8.63. The van der Waals surface area contributed by atoms with Crippen LogP contribution in [0, 0.1) is 16.7 Å². The first kappa shape index (κ1) is 26.8. The lowest BCUT2D eigenvalue weighted by atomic mass is 9.71. The van der Waals surface area contributed by atoms with Crippen LogP contribution >= 0.6 is 34.8 Å². The highest BCUT2D eigenvalue weighted by Crippen LogP contribution is 2.60. The van der Waals surface area contributed by atoms with Gasteiger partial charge in [-0.25, -0.2) is 9.98 Å². The van der Waals surface area contributed by atoms with Gasteiger partial charge in [0.15, 0.2) is 11.7 Å². The minimum absolute atomic E-state index is 0.0259. The highest BCUT2D eigenvalue weighted by atomic mass is 35.5. The Morgan fingerprint density at radius 1 is 0.711 bits per heavy atom. The third kappa shape index (κ3) is 5.36. The van der Waals surface area contributed by atoms with Gasteiger partial charge in [-0.15, -0.1) is 0 Å². The van der Waals surface area contributed by atoms with Crippen molar-refractivity contribution in [3.63, 3.8) is 0 Å². The number of carbonyl (C=O) groups excluding carboxylic acids is 1. The van der Waals surface area contributed by atoms with Crippen LogP contribution in [0.1, 0.15) is 61.5 Å². The van der Waals surface area contributed by atoms with E-state index in [4.69, 9.17) is 44.8 Å². The first-order valence-corrected chi connectivity index (χ1v) is 13.8. The largest absolute Gasteiger partial charge is 0.279 e. The Labute approximate surface area is 238 Å². The van der Waals surface area contributed by atoms with Gasteiger partial charge in [-0.1, -0.05) is 55.6 Å². The van der Waals surface area contributed by atoms with Gasteiger partial charge >= 0.3 is 0 Å². The maximum Gasteiger partial charge on any atom is 0.279 e. The Morgan fingerprint density at radius 3 is 1.66 bits per heavy atom. The lowest BCUT2D eigenvalue weighted by Crippen LogP contribution is -2.36. The summed E-state index contributed by atoms with van der Waals surface area (Å²) in [6, 6.07) is 21.2. The summed E-state index contributed by atoms with van der Waals surface area (Å²) in [7, 11) is 0. The second-order valence-corrected chi connectivity index (χ2v) is 12.2. The van der Waals surface area contributed by atoms with E-state index in [1.54, 1.807) is 48.5 Å². The van der Waals surface area contributed by atoms with Crippen LogP contribution < -0.4 is 0 Å². The summed E-state index contributed by atoms with van der Waals surface area (Å²) in [4.78, 5) is 27.8. The van der Waals surface area contributed by atoms with E-state index in [0.717, 1.165) is 24.1 Å². The molecule has 2 bridgehead atoms. The number of benzene rings is 3. The molecule has 7 heteroatoms. The number of aliphatic imine (C=N–C) groups is 3. The van der Waals surface area contributed by atoms with Crippen LogP contribution in [0.2, 0.25) is 15.1 Å². The monoisotopic (exact) mass is 563 g/mol.